The molecule has 2 rings (SSSR count). The molecular formula is C18H21ClN2O4. The molecule has 0 atom stereocenters. The molecule has 0 spiro atoms. The molecule has 0 saturated carbocycles. The summed E-state index contributed by atoms with van der Waals surface area (Å²) in [5.41, 5.74) is 1.58. The van der Waals surface area contributed by atoms with Crippen LogP contribution >= 0.6 is 11.6 Å². The van der Waals surface area contributed by atoms with Gasteiger partial charge in [-0.1, -0.05) is 23.7 Å². The SMILES string of the molecule is COc1cccc(CNC(=O)CNc2cc(OC)c(Cl)cc2OC)c1. The van der Waals surface area contributed by atoms with E-state index in [1.54, 1.807) is 19.2 Å². The number of hydrogen-bond donors (Lipinski definition) is 2. The Morgan fingerprint density at radius 2 is 1.80 bits per heavy atom. The summed E-state index contributed by atoms with van der Waals surface area (Å²) in [4.78, 5) is 12.1. The summed E-state index contributed by atoms with van der Waals surface area (Å²) in [5.74, 6) is 1.63. The van der Waals surface area contributed by atoms with Gasteiger partial charge in [0.25, 0.3) is 0 Å². The van der Waals surface area contributed by atoms with Crippen molar-refractivity contribution in [3.05, 3.63) is 47.0 Å². The van der Waals surface area contributed by atoms with Gasteiger partial charge in [-0.3, -0.25) is 4.79 Å². The molecule has 0 bridgehead atoms. The lowest BCUT2D eigenvalue weighted by Gasteiger charge is -2.14. The molecule has 2 N–H and O–H groups in total. The molecule has 0 unspecified atom stereocenters. The fraction of sp³-hybridized carbons (Fsp3) is 0.278. The van der Waals surface area contributed by atoms with Gasteiger partial charge in [-0.25, -0.2) is 0 Å². The second kappa shape index (κ2) is 9.03. The first-order valence-electron chi connectivity index (χ1n) is 7.62. The van der Waals surface area contributed by atoms with Gasteiger partial charge >= 0.3 is 0 Å². The zero-order valence-electron chi connectivity index (χ0n) is 14.4. The van der Waals surface area contributed by atoms with Crippen molar-refractivity contribution in [1.29, 1.82) is 0 Å². The van der Waals surface area contributed by atoms with E-state index in [9.17, 15) is 4.79 Å². The van der Waals surface area contributed by atoms with Crippen LogP contribution in [-0.4, -0.2) is 33.8 Å². The molecule has 0 aromatic heterocycles. The normalized spacial score (nSPS) is 10.1. The number of benzene rings is 2. The molecule has 1 amide bonds. The first-order valence-corrected chi connectivity index (χ1v) is 8.00. The monoisotopic (exact) mass is 364 g/mol. The van der Waals surface area contributed by atoms with E-state index in [-0.39, 0.29) is 12.5 Å². The molecule has 25 heavy (non-hydrogen) atoms. The molecule has 0 aliphatic carbocycles. The summed E-state index contributed by atoms with van der Waals surface area (Å²) >= 11 is 6.06. The van der Waals surface area contributed by atoms with Gasteiger partial charge in [0.2, 0.25) is 5.91 Å². The highest BCUT2D eigenvalue weighted by Gasteiger charge is 2.11. The van der Waals surface area contributed by atoms with Crippen molar-refractivity contribution in [3.8, 4) is 17.2 Å². The van der Waals surface area contributed by atoms with Gasteiger partial charge in [0.1, 0.15) is 17.2 Å². The topological polar surface area (TPSA) is 68.8 Å². The van der Waals surface area contributed by atoms with E-state index in [1.807, 2.05) is 24.3 Å². The van der Waals surface area contributed by atoms with Crippen LogP contribution in [0.2, 0.25) is 5.02 Å². The number of methoxy groups -OCH3 is 3. The molecule has 7 heteroatoms. The Hall–Kier alpha value is -2.60. The number of ether oxygens (including phenoxy) is 3. The van der Waals surface area contributed by atoms with E-state index < -0.39 is 0 Å². The number of nitrogens with one attached hydrogen (secondary N) is 2. The van der Waals surface area contributed by atoms with Crippen LogP contribution in [-0.2, 0) is 11.3 Å². The first kappa shape index (κ1) is 18.7. The quantitative estimate of drug-likeness (QED) is 0.753. The van der Waals surface area contributed by atoms with Gasteiger partial charge in [0.15, 0.2) is 0 Å². The zero-order valence-corrected chi connectivity index (χ0v) is 15.1. The molecular weight excluding hydrogens is 344 g/mol. The molecule has 0 aliphatic rings. The van der Waals surface area contributed by atoms with E-state index in [0.29, 0.717) is 28.8 Å². The standard InChI is InChI=1S/C18H21ClN2O4/c1-23-13-6-4-5-12(7-13)10-21-18(22)11-20-15-9-16(24-2)14(19)8-17(15)25-3/h4-9,20H,10-11H2,1-3H3,(H,21,22). The van der Waals surface area contributed by atoms with Crippen LogP contribution in [0.4, 0.5) is 5.69 Å². The highest BCUT2D eigenvalue weighted by molar-refractivity contribution is 6.32. The maximum absolute atomic E-state index is 12.1. The van der Waals surface area contributed by atoms with Gasteiger partial charge in [0, 0.05) is 18.7 Å². The Balaban J connectivity index is 1.93. The second-order valence-electron chi connectivity index (χ2n) is 5.17. The summed E-state index contributed by atoms with van der Waals surface area (Å²) in [7, 11) is 4.67. The minimum Gasteiger partial charge on any atom is -0.497 e. The van der Waals surface area contributed by atoms with Gasteiger partial charge in [-0.2, -0.15) is 0 Å². The molecule has 0 heterocycles. The smallest absolute Gasteiger partial charge is 0.239 e. The molecule has 0 aliphatic heterocycles. The number of halogens is 1. The van der Waals surface area contributed by atoms with E-state index in [1.165, 1.54) is 14.2 Å². The van der Waals surface area contributed by atoms with Crippen molar-refractivity contribution in [2.24, 2.45) is 0 Å². The summed E-state index contributed by atoms with van der Waals surface area (Å²) in [6, 6.07) is 10.9. The molecule has 2 aromatic rings. The van der Waals surface area contributed by atoms with Crippen LogP contribution < -0.4 is 24.8 Å². The number of carbonyl (C=O) groups is 1. The molecule has 0 fully saturated rings. The van der Waals surface area contributed by atoms with Crippen LogP contribution in [0.3, 0.4) is 0 Å². The largest absolute Gasteiger partial charge is 0.497 e. The summed E-state index contributed by atoms with van der Waals surface area (Å²) in [5, 5.41) is 6.30. The number of carbonyl (C=O) groups excluding carboxylic acids is 1. The minimum absolute atomic E-state index is 0.0884. The lowest BCUT2D eigenvalue weighted by molar-refractivity contribution is -0.119. The van der Waals surface area contributed by atoms with Crippen LogP contribution in [0, 0.1) is 0 Å². The molecule has 0 saturated heterocycles. The van der Waals surface area contributed by atoms with Gasteiger partial charge < -0.3 is 24.8 Å². The maximum Gasteiger partial charge on any atom is 0.239 e. The Morgan fingerprint density at radius 3 is 2.48 bits per heavy atom. The van der Waals surface area contributed by atoms with E-state index >= 15 is 0 Å². The lowest BCUT2D eigenvalue weighted by Crippen LogP contribution is -2.29. The fourth-order valence-electron chi connectivity index (χ4n) is 2.22. The predicted octanol–water partition coefficient (Wildman–Crippen LogP) is 3.09. The number of rotatable bonds is 8. The van der Waals surface area contributed by atoms with Crippen molar-refractivity contribution in [2.45, 2.75) is 6.54 Å². The third-order valence-electron chi connectivity index (χ3n) is 3.54. The third-order valence-corrected chi connectivity index (χ3v) is 3.83. The molecule has 6 nitrogen and oxygen atoms in total. The van der Waals surface area contributed by atoms with Gasteiger partial charge in [-0.15, -0.1) is 0 Å². The van der Waals surface area contributed by atoms with Gasteiger partial charge in [-0.05, 0) is 17.7 Å². The summed E-state index contributed by atoms with van der Waals surface area (Å²) < 4.78 is 15.6. The number of anilines is 1. The van der Waals surface area contributed by atoms with Crippen LogP contribution in [0.15, 0.2) is 36.4 Å². The maximum atomic E-state index is 12.1. The van der Waals surface area contributed by atoms with Crippen LogP contribution in [0.1, 0.15) is 5.56 Å². The first-order chi connectivity index (χ1) is 12.1. The average molecular weight is 365 g/mol. The Kier molecular flexibility index (Phi) is 6.77. The van der Waals surface area contributed by atoms with Crippen LogP contribution in [0.25, 0.3) is 0 Å². The van der Waals surface area contributed by atoms with Gasteiger partial charge in [0.05, 0.1) is 38.6 Å². The zero-order chi connectivity index (χ0) is 18.2. The highest BCUT2D eigenvalue weighted by Crippen LogP contribution is 2.35. The Labute approximate surface area is 152 Å². The summed E-state index contributed by atoms with van der Waals surface area (Å²) in [6.45, 7) is 0.504. The van der Waals surface area contributed by atoms with Crippen molar-refractivity contribution < 1.29 is 19.0 Å². The van der Waals surface area contributed by atoms with Crippen molar-refractivity contribution >= 4 is 23.2 Å². The lowest BCUT2D eigenvalue weighted by atomic mass is 10.2. The minimum atomic E-state index is -0.154. The van der Waals surface area contributed by atoms with E-state index in [0.717, 1.165) is 11.3 Å². The molecule has 2 aromatic carbocycles. The Morgan fingerprint density at radius 1 is 1.04 bits per heavy atom. The second-order valence-corrected chi connectivity index (χ2v) is 5.58. The number of amides is 1. The van der Waals surface area contributed by atoms with Crippen molar-refractivity contribution in [3.63, 3.8) is 0 Å². The van der Waals surface area contributed by atoms with E-state index in [4.69, 9.17) is 25.8 Å². The fourth-order valence-corrected chi connectivity index (χ4v) is 2.45. The molecule has 0 radical (unpaired) electrons. The van der Waals surface area contributed by atoms with E-state index in [2.05, 4.69) is 10.6 Å². The third kappa shape index (κ3) is 5.19. The van der Waals surface area contributed by atoms with Crippen LogP contribution in [0.5, 0.6) is 17.2 Å². The summed E-state index contributed by atoms with van der Waals surface area (Å²) in [6.07, 6.45) is 0. The average Bonchev–Trinajstić information content (AvgIpc) is 2.65. The highest BCUT2D eigenvalue weighted by atomic mass is 35.5. The van der Waals surface area contributed by atoms with Crippen molar-refractivity contribution in [1.82, 2.24) is 5.32 Å². The molecule has 134 valence electrons. The number of hydrogen-bond acceptors (Lipinski definition) is 5. The Bertz CT molecular complexity index is 737. The predicted molar refractivity (Wildman–Crippen MR) is 97.9 cm³/mol. The van der Waals surface area contributed by atoms with Crippen molar-refractivity contribution in [2.75, 3.05) is 33.2 Å².